The van der Waals surface area contributed by atoms with Crippen LogP contribution in [-0.2, 0) is 4.79 Å². The first-order chi connectivity index (χ1) is 20.4. The zero-order valence-corrected chi connectivity index (χ0v) is 23.5. The molecule has 3 aromatic rings. The highest BCUT2D eigenvalue weighted by molar-refractivity contribution is 5.81. The second-order valence-electron chi connectivity index (χ2n) is 10.4. The number of likely N-dealkylation sites (tertiary alicyclic amines) is 1. The predicted octanol–water partition coefficient (Wildman–Crippen LogP) is 7.57. The number of hydrogen-bond donors (Lipinski definition) is 1. The maximum Gasteiger partial charge on any atom is 0.573 e. The molecule has 0 bridgehead atoms. The molecule has 0 unspecified atom stereocenters. The van der Waals surface area contributed by atoms with Gasteiger partial charge in [0.25, 0.3) is 0 Å². The third-order valence-electron chi connectivity index (χ3n) is 7.56. The van der Waals surface area contributed by atoms with Gasteiger partial charge in [0.1, 0.15) is 11.5 Å². The highest BCUT2D eigenvalue weighted by Crippen LogP contribution is 2.36. The van der Waals surface area contributed by atoms with Crippen molar-refractivity contribution in [2.45, 2.75) is 50.4 Å². The molecule has 1 aliphatic rings. The van der Waals surface area contributed by atoms with Crippen LogP contribution in [0.2, 0.25) is 0 Å². The van der Waals surface area contributed by atoms with Crippen LogP contribution in [0, 0.1) is 0 Å². The molecule has 1 N–H and O–H groups in total. The average molecular weight is 610 g/mol. The zero-order chi connectivity index (χ0) is 31.0. The molecule has 0 aromatic heterocycles. The number of ether oxygens (including phenoxy) is 2. The van der Waals surface area contributed by atoms with Crippen LogP contribution in [0.15, 0.2) is 72.8 Å². The second kappa shape index (κ2) is 14.0. The van der Waals surface area contributed by atoms with Gasteiger partial charge in [-0.1, -0.05) is 36.4 Å². The van der Waals surface area contributed by atoms with Crippen LogP contribution in [0.1, 0.15) is 42.7 Å². The Balaban J connectivity index is 1.42. The summed E-state index contributed by atoms with van der Waals surface area (Å²) in [5.41, 5.74) is 2.66. The first kappa shape index (κ1) is 32.0. The Morgan fingerprint density at radius 3 is 1.98 bits per heavy atom. The van der Waals surface area contributed by atoms with E-state index in [1.54, 1.807) is 12.1 Å². The number of carbonyl (C=O) groups excluding carboxylic acids is 1. The molecule has 0 spiro atoms. The van der Waals surface area contributed by atoms with Gasteiger partial charge in [0.15, 0.2) is 0 Å². The molecule has 232 valence electrons. The molecule has 1 amide bonds. The Morgan fingerprint density at radius 2 is 1.44 bits per heavy atom. The van der Waals surface area contributed by atoms with Crippen LogP contribution < -0.4 is 19.7 Å². The van der Waals surface area contributed by atoms with Crippen LogP contribution in [0.3, 0.4) is 0 Å². The number of hydrogen-bond acceptors (Lipinski definition) is 5. The van der Waals surface area contributed by atoms with E-state index in [0.29, 0.717) is 36.9 Å². The van der Waals surface area contributed by atoms with E-state index in [0.717, 1.165) is 37.3 Å². The number of nitrogens with zero attached hydrogens (tertiary/aromatic N) is 2. The minimum absolute atomic E-state index is 0.270. The van der Waals surface area contributed by atoms with E-state index in [1.807, 2.05) is 31.3 Å². The molecule has 4 rings (SSSR count). The summed E-state index contributed by atoms with van der Waals surface area (Å²) in [6.45, 7) is 2.37. The third-order valence-corrected chi connectivity index (χ3v) is 7.56. The minimum atomic E-state index is -4.87. The van der Waals surface area contributed by atoms with Crippen molar-refractivity contribution in [2.24, 2.45) is 0 Å². The lowest BCUT2D eigenvalue weighted by atomic mass is 9.87. The van der Waals surface area contributed by atoms with E-state index in [2.05, 4.69) is 24.6 Å². The molecule has 12 heteroatoms. The lowest BCUT2D eigenvalue weighted by Gasteiger charge is -2.38. The molecule has 1 aliphatic heterocycles. The normalized spacial score (nSPS) is 14.9. The molecular weight excluding hydrogens is 576 g/mol. The first-order valence-electron chi connectivity index (χ1n) is 13.9. The molecule has 1 fully saturated rings. The standard InChI is InChI=1S/C31H33F6N3O3/c1-39(29-13-3-2-12-28(29)38-21-41)24-14-17-40(18-15-24)16-6-11-27(22-7-4-9-25(19-22)42-30(32,33)34)23-8-5-10-26(20-23)43-31(35,36)37/h2-5,7-10,12-13,19-21,24,27H,6,11,14-18H2,1H3,(H,38,41). The van der Waals surface area contributed by atoms with E-state index < -0.39 is 30.1 Å². The number of benzene rings is 3. The smallest absolute Gasteiger partial charge is 0.406 e. The monoisotopic (exact) mass is 609 g/mol. The molecule has 1 saturated heterocycles. The summed E-state index contributed by atoms with van der Waals surface area (Å²) in [6, 6.07) is 18.9. The van der Waals surface area contributed by atoms with Gasteiger partial charge in [-0.15, -0.1) is 26.3 Å². The van der Waals surface area contributed by atoms with Crippen LogP contribution >= 0.6 is 0 Å². The predicted molar refractivity (Wildman–Crippen MR) is 151 cm³/mol. The third kappa shape index (κ3) is 9.54. The van der Waals surface area contributed by atoms with Crippen molar-refractivity contribution in [1.29, 1.82) is 0 Å². The summed E-state index contributed by atoms with van der Waals surface area (Å²) in [6.07, 6.45) is -6.17. The average Bonchev–Trinajstić information content (AvgIpc) is 2.94. The number of alkyl halides is 6. The lowest BCUT2D eigenvalue weighted by molar-refractivity contribution is -0.275. The van der Waals surface area contributed by atoms with Gasteiger partial charge in [0.2, 0.25) is 6.41 Å². The van der Waals surface area contributed by atoms with E-state index in [-0.39, 0.29) is 6.04 Å². The van der Waals surface area contributed by atoms with E-state index >= 15 is 0 Å². The van der Waals surface area contributed by atoms with Crippen molar-refractivity contribution in [3.63, 3.8) is 0 Å². The molecule has 0 aliphatic carbocycles. The SMILES string of the molecule is CN(c1ccccc1NC=O)C1CCN(CCCC(c2cccc(OC(F)(F)F)c2)c2cccc(OC(F)(F)F)c2)CC1. The Morgan fingerprint density at radius 1 is 0.884 bits per heavy atom. The van der Waals surface area contributed by atoms with Crippen molar-refractivity contribution < 1.29 is 40.6 Å². The van der Waals surface area contributed by atoms with Crippen molar-refractivity contribution in [3.05, 3.63) is 83.9 Å². The summed E-state index contributed by atoms with van der Waals surface area (Å²) < 4.78 is 85.4. The summed E-state index contributed by atoms with van der Waals surface area (Å²) in [5.74, 6) is -1.28. The van der Waals surface area contributed by atoms with Gasteiger partial charge < -0.3 is 24.6 Å². The molecule has 0 saturated carbocycles. The number of para-hydroxylation sites is 2. The first-order valence-corrected chi connectivity index (χ1v) is 13.9. The van der Waals surface area contributed by atoms with Crippen molar-refractivity contribution in [2.75, 3.05) is 36.9 Å². The van der Waals surface area contributed by atoms with Crippen molar-refractivity contribution >= 4 is 17.8 Å². The maximum absolute atomic E-state index is 12.9. The highest BCUT2D eigenvalue weighted by Gasteiger charge is 2.33. The number of nitrogens with one attached hydrogen (secondary N) is 1. The topological polar surface area (TPSA) is 54.0 Å². The summed E-state index contributed by atoms with van der Waals surface area (Å²) in [5, 5.41) is 2.74. The second-order valence-corrected chi connectivity index (χ2v) is 10.4. The quantitative estimate of drug-likeness (QED) is 0.170. The number of carbonyl (C=O) groups is 1. The number of amides is 1. The summed E-state index contributed by atoms with van der Waals surface area (Å²) in [4.78, 5) is 15.5. The van der Waals surface area contributed by atoms with Gasteiger partial charge in [-0.2, -0.15) is 0 Å². The Hall–Kier alpha value is -3.93. The van der Waals surface area contributed by atoms with Gasteiger partial charge in [-0.25, -0.2) is 0 Å². The highest BCUT2D eigenvalue weighted by atomic mass is 19.4. The van der Waals surface area contributed by atoms with Crippen molar-refractivity contribution in [1.82, 2.24) is 4.90 Å². The summed E-state index contributed by atoms with van der Waals surface area (Å²) in [7, 11) is 2.00. The maximum atomic E-state index is 12.9. The summed E-state index contributed by atoms with van der Waals surface area (Å²) >= 11 is 0. The fraction of sp³-hybridized carbons (Fsp3) is 0.387. The molecule has 0 radical (unpaired) electrons. The largest absolute Gasteiger partial charge is 0.573 e. The fourth-order valence-corrected chi connectivity index (χ4v) is 5.60. The number of piperidine rings is 1. The molecule has 43 heavy (non-hydrogen) atoms. The Labute approximate surface area is 246 Å². The van der Waals surface area contributed by atoms with E-state index in [1.165, 1.54) is 36.4 Å². The Bertz CT molecular complexity index is 1280. The molecular formula is C31H33F6N3O3. The number of rotatable bonds is 12. The number of halogens is 6. The van der Waals surface area contributed by atoms with Crippen LogP contribution in [-0.4, -0.2) is 56.8 Å². The van der Waals surface area contributed by atoms with Gasteiger partial charge in [0.05, 0.1) is 11.4 Å². The Kier molecular flexibility index (Phi) is 10.4. The van der Waals surface area contributed by atoms with Crippen molar-refractivity contribution in [3.8, 4) is 11.5 Å². The lowest BCUT2D eigenvalue weighted by Crippen LogP contribution is -2.43. The van der Waals surface area contributed by atoms with Gasteiger partial charge in [-0.05, 0) is 79.8 Å². The number of anilines is 2. The van der Waals surface area contributed by atoms with Crippen LogP contribution in [0.4, 0.5) is 37.7 Å². The molecule has 0 atom stereocenters. The minimum Gasteiger partial charge on any atom is -0.406 e. The molecule has 6 nitrogen and oxygen atoms in total. The van der Waals surface area contributed by atoms with Gasteiger partial charge in [0, 0.05) is 32.1 Å². The molecule has 1 heterocycles. The van der Waals surface area contributed by atoms with Gasteiger partial charge in [-0.3, -0.25) is 4.79 Å². The van der Waals surface area contributed by atoms with E-state index in [4.69, 9.17) is 0 Å². The van der Waals surface area contributed by atoms with E-state index in [9.17, 15) is 31.1 Å². The fourth-order valence-electron chi connectivity index (χ4n) is 5.60. The van der Waals surface area contributed by atoms with Gasteiger partial charge >= 0.3 is 12.7 Å². The molecule has 3 aromatic carbocycles. The van der Waals surface area contributed by atoms with Crippen LogP contribution in [0.25, 0.3) is 0 Å². The zero-order valence-electron chi connectivity index (χ0n) is 23.5. The van der Waals surface area contributed by atoms with Crippen LogP contribution in [0.5, 0.6) is 11.5 Å².